The van der Waals surface area contributed by atoms with Crippen molar-refractivity contribution in [3.05, 3.63) is 48.5 Å². The van der Waals surface area contributed by atoms with Crippen molar-refractivity contribution in [1.82, 2.24) is 14.9 Å². The highest BCUT2D eigenvalue weighted by Crippen LogP contribution is 2.22. The number of hydrogen-bond acceptors (Lipinski definition) is 3. The fourth-order valence-corrected chi connectivity index (χ4v) is 2.61. The summed E-state index contributed by atoms with van der Waals surface area (Å²) in [6, 6.07) is 7.76. The molecule has 0 unspecified atom stereocenters. The summed E-state index contributed by atoms with van der Waals surface area (Å²) in [4.78, 5) is 16.7. The number of piperidine rings is 1. The lowest BCUT2D eigenvalue weighted by atomic mass is 9.89. The van der Waals surface area contributed by atoms with Gasteiger partial charge in [-0.15, -0.1) is 0 Å². The Hall–Kier alpha value is -1.94. The molecule has 0 spiro atoms. The van der Waals surface area contributed by atoms with Crippen molar-refractivity contribution >= 4 is 5.78 Å². The van der Waals surface area contributed by atoms with Crippen molar-refractivity contribution in [2.24, 2.45) is 5.92 Å². The van der Waals surface area contributed by atoms with Crippen LogP contribution >= 0.6 is 0 Å². The number of para-hydroxylation sites is 1. The minimum Gasteiger partial charge on any atom is -0.317 e. The van der Waals surface area contributed by atoms with Gasteiger partial charge in [0.25, 0.3) is 0 Å². The van der Waals surface area contributed by atoms with Crippen LogP contribution in [-0.2, 0) is 0 Å². The van der Waals surface area contributed by atoms with Gasteiger partial charge >= 0.3 is 0 Å². The van der Waals surface area contributed by atoms with Gasteiger partial charge in [-0.1, -0.05) is 12.1 Å². The average molecular weight is 255 g/mol. The van der Waals surface area contributed by atoms with E-state index in [-0.39, 0.29) is 11.7 Å². The standard InChI is InChI=1S/C15H17N3O/c19-15(12-5-7-16-8-6-12)13-3-1-2-4-14(13)18-10-9-17-11-18/h1-4,9-12,16H,5-8H2. The number of nitrogens with one attached hydrogen (secondary N) is 1. The van der Waals surface area contributed by atoms with Gasteiger partial charge in [-0.05, 0) is 38.1 Å². The molecule has 2 heterocycles. The van der Waals surface area contributed by atoms with Crippen LogP contribution in [-0.4, -0.2) is 28.4 Å². The third-order valence-corrected chi connectivity index (χ3v) is 3.66. The maximum Gasteiger partial charge on any atom is 0.168 e. The van der Waals surface area contributed by atoms with Gasteiger partial charge in [0.2, 0.25) is 0 Å². The maximum absolute atomic E-state index is 12.7. The zero-order valence-electron chi connectivity index (χ0n) is 10.7. The number of hydrogen-bond donors (Lipinski definition) is 1. The molecule has 1 fully saturated rings. The highest BCUT2D eigenvalue weighted by atomic mass is 16.1. The molecule has 2 aromatic rings. The topological polar surface area (TPSA) is 46.9 Å². The Labute approximate surface area is 112 Å². The molecule has 3 rings (SSSR count). The van der Waals surface area contributed by atoms with E-state index < -0.39 is 0 Å². The summed E-state index contributed by atoms with van der Waals surface area (Å²) in [7, 11) is 0. The lowest BCUT2D eigenvalue weighted by molar-refractivity contribution is 0.0895. The van der Waals surface area contributed by atoms with E-state index in [0.717, 1.165) is 37.2 Å². The molecule has 1 aliphatic rings. The molecule has 0 amide bonds. The summed E-state index contributed by atoms with van der Waals surface area (Å²) in [5.74, 6) is 0.400. The van der Waals surface area contributed by atoms with Crippen LogP contribution < -0.4 is 5.32 Å². The third-order valence-electron chi connectivity index (χ3n) is 3.66. The molecule has 1 aromatic carbocycles. The summed E-state index contributed by atoms with van der Waals surface area (Å²) in [5.41, 5.74) is 1.72. The monoisotopic (exact) mass is 255 g/mol. The largest absolute Gasteiger partial charge is 0.317 e. The van der Waals surface area contributed by atoms with Crippen molar-refractivity contribution in [2.45, 2.75) is 12.8 Å². The Bertz CT molecular complexity index is 557. The Morgan fingerprint density at radius 2 is 2.05 bits per heavy atom. The van der Waals surface area contributed by atoms with Crippen LogP contribution in [0.1, 0.15) is 23.2 Å². The Morgan fingerprint density at radius 1 is 1.26 bits per heavy atom. The second kappa shape index (κ2) is 5.36. The normalized spacial score (nSPS) is 16.4. The molecule has 4 nitrogen and oxygen atoms in total. The van der Waals surface area contributed by atoms with Crippen LogP contribution in [0.25, 0.3) is 5.69 Å². The summed E-state index contributed by atoms with van der Waals surface area (Å²) in [5, 5.41) is 3.30. The van der Waals surface area contributed by atoms with E-state index >= 15 is 0 Å². The van der Waals surface area contributed by atoms with E-state index in [1.807, 2.05) is 35.0 Å². The van der Waals surface area contributed by atoms with Crippen LogP contribution in [0.15, 0.2) is 43.0 Å². The maximum atomic E-state index is 12.7. The van der Waals surface area contributed by atoms with Gasteiger partial charge in [0, 0.05) is 23.9 Å². The number of carbonyl (C=O) groups excluding carboxylic acids is 1. The van der Waals surface area contributed by atoms with Crippen molar-refractivity contribution in [2.75, 3.05) is 13.1 Å². The Morgan fingerprint density at radius 3 is 2.79 bits per heavy atom. The molecule has 4 heteroatoms. The lowest BCUT2D eigenvalue weighted by Crippen LogP contribution is -2.32. The van der Waals surface area contributed by atoms with Crippen molar-refractivity contribution < 1.29 is 4.79 Å². The number of nitrogens with zero attached hydrogens (tertiary/aromatic N) is 2. The van der Waals surface area contributed by atoms with Crippen LogP contribution in [0.4, 0.5) is 0 Å². The average Bonchev–Trinajstić information content (AvgIpc) is 3.01. The van der Waals surface area contributed by atoms with Gasteiger partial charge in [0.05, 0.1) is 12.0 Å². The number of carbonyl (C=O) groups is 1. The molecular weight excluding hydrogens is 238 g/mol. The second-order valence-corrected chi connectivity index (χ2v) is 4.88. The van der Waals surface area contributed by atoms with Gasteiger partial charge in [0.15, 0.2) is 5.78 Å². The number of imidazole rings is 1. The number of ketones is 1. The first-order valence-electron chi connectivity index (χ1n) is 6.68. The number of benzene rings is 1. The van der Waals surface area contributed by atoms with E-state index in [1.54, 1.807) is 12.5 Å². The lowest BCUT2D eigenvalue weighted by Gasteiger charge is -2.22. The van der Waals surface area contributed by atoms with E-state index in [9.17, 15) is 4.79 Å². The molecule has 1 aromatic heterocycles. The molecule has 19 heavy (non-hydrogen) atoms. The molecule has 0 aliphatic carbocycles. The van der Waals surface area contributed by atoms with Gasteiger partial charge in [0.1, 0.15) is 0 Å². The quantitative estimate of drug-likeness (QED) is 0.854. The molecule has 98 valence electrons. The molecule has 1 saturated heterocycles. The van der Waals surface area contributed by atoms with Crippen molar-refractivity contribution in [3.8, 4) is 5.69 Å². The number of aromatic nitrogens is 2. The predicted octanol–water partition coefficient (Wildman–Crippen LogP) is 2.05. The molecule has 0 saturated carbocycles. The molecule has 1 aliphatic heterocycles. The van der Waals surface area contributed by atoms with E-state index in [4.69, 9.17) is 0 Å². The zero-order valence-corrected chi connectivity index (χ0v) is 10.7. The van der Waals surface area contributed by atoms with E-state index in [2.05, 4.69) is 10.3 Å². The first kappa shape index (κ1) is 12.1. The third kappa shape index (κ3) is 2.44. The highest BCUT2D eigenvalue weighted by molar-refractivity contribution is 6.01. The molecule has 0 bridgehead atoms. The van der Waals surface area contributed by atoms with Crippen LogP contribution in [0.3, 0.4) is 0 Å². The Kier molecular flexibility index (Phi) is 3.42. The Balaban J connectivity index is 1.94. The van der Waals surface area contributed by atoms with Crippen LogP contribution in [0, 0.1) is 5.92 Å². The summed E-state index contributed by atoms with van der Waals surface area (Å²) in [6.45, 7) is 1.87. The summed E-state index contributed by atoms with van der Waals surface area (Å²) in [6.07, 6.45) is 7.18. The van der Waals surface area contributed by atoms with Crippen LogP contribution in [0.2, 0.25) is 0 Å². The first-order chi connectivity index (χ1) is 9.36. The highest BCUT2D eigenvalue weighted by Gasteiger charge is 2.24. The fourth-order valence-electron chi connectivity index (χ4n) is 2.61. The summed E-state index contributed by atoms with van der Waals surface area (Å²) < 4.78 is 1.90. The first-order valence-corrected chi connectivity index (χ1v) is 6.68. The van der Waals surface area contributed by atoms with Crippen LogP contribution in [0.5, 0.6) is 0 Å². The van der Waals surface area contributed by atoms with E-state index in [0.29, 0.717) is 0 Å². The minimum atomic E-state index is 0.144. The van der Waals surface area contributed by atoms with E-state index in [1.165, 1.54) is 0 Å². The zero-order chi connectivity index (χ0) is 13.1. The van der Waals surface area contributed by atoms with Gasteiger partial charge in [-0.2, -0.15) is 0 Å². The van der Waals surface area contributed by atoms with Crippen molar-refractivity contribution in [3.63, 3.8) is 0 Å². The predicted molar refractivity (Wildman–Crippen MR) is 73.5 cm³/mol. The number of Topliss-reactive ketones (excluding diaryl/α,β-unsaturated/α-hetero) is 1. The minimum absolute atomic E-state index is 0.144. The van der Waals surface area contributed by atoms with Crippen molar-refractivity contribution in [1.29, 1.82) is 0 Å². The smallest absolute Gasteiger partial charge is 0.168 e. The fraction of sp³-hybridized carbons (Fsp3) is 0.333. The molecule has 0 atom stereocenters. The SMILES string of the molecule is O=C(c1ccccc1-n1ccnc1)C1CCNCC1. The van der Waals surface area contributed by atoms with Gasteiger partial charge in [-0.3, -0.25) is 4.79 Å². The molecule has 0 radical (unpaired) electrons. The number of rotatable bonds is 3. The second-order valence-electron chi connectivity index (χ2n) is 4.88. The molecule has 1 N–H and O–H groups in total. The van der Waals surface area contributed by atoms with Gasteiger partial charge < -0.3 is 9.88 Å². The summed E-state index contributed by atoms with van der Waals surface area (Å²) >= 11 is 0. The molecular formula is C15H17N3O. The van der Waals surface area contributed by atoms with Gasteiger partial charge in [-0.25, -0.2) is 4.98 Å².